The Kier molecular flexibility index (Phi) is 6.15. The smallest absolute Gasteiger partial charge is 0.410 e. The van der Waals surface area contributed by atoms with Crippen LogP contribution < -0.4 is 0 Å². The summed E-state index contributed by atoms with van der Waals surface area (Å²) in [7, 11) is 0. The van der Waals surface area contributed by atoms with Crippen molar-refractivity contribution in [3.63, 3.8) is 0 Å². The zero-order valence-corrected chi connectivity index (χ0v) is 16.7. The van der Waals surface area contributed by atoms with Crippen LogP contribution >= 0.6 is 27.5 Å². The lowest BCUT2D eigenvalue weighted by atomic mass is 10.1. The molecular formula is C17H23BrClFN2O2. The summed E-state index contributed by atoms with van der Waals surface area (Å²) >= 11 is 9.28. The molecule has 1 aromatic carbocycles. The number of benzene rings is 1. The second kappa shape index (κ2) is 7.58. The first-order valence-electron chi connectivity index (χ1n) is 7.92. The van der Waals surface area contributed by atoms with Gasteiger partial charge in [-0.1, -0.05) is 11.6 Å². The zero-order chi connectivity index (χ0) is 18.1. The third-order valence-electron chi connectivity index (χ3n) is 3.82. The van der Waals surface area contributed by atoms with Crippen LogP contribution in [0.25, 0.3) is 0 Å². The van der Waals surface area contributed by atoms with E-state index in [0.29, 0.717) is 41.2 Å². The molecule has 134 valence electrons. The molecule has 0 N–H and O–H groups in total. The summed E-state index contributed by atoms with van der Waals surface area (Å²) in [5, 5.41) is 0.492. The Morgan fingerprint density at radius 1 is 1.42 bits per heavy atom. The maximum atomic E-state index is 14.1. The van der Waals surface area contributed by atoms with E-state index in [9.17, 15) is 9.18 Å². The highest BCUT2D eigenvalue weighted by Gasteiger charge is 2.31. The standard InChI is InChI=1S/C17H23BrClFN2O2/c1-11-9-21(5-6-22(11)16(23)24-17(2,3)4)10-12-7-14(19)13(18)8-15(12)20/h7-8,11H,5-6,9-10H2,1-4H3. The summed E-state index contributed by atoms with van der Waals surface area (Å²) < 4.78 is 20.1. The molecule has 0 radical (unpaired) electrons. The Balaban J connectivity index is 1.98. The molecule has 0 bridgehead atoms. The third kappa shape index (κ3) is 5.07. The Morgan fingerprint density at radius 2 is 2.08 bits per heavy atom. The van der Waals surface area contributed by atoms with Crippen molar-refractivity contribution in [3.8, 4) is 0 Å². The van der Waals surface area contributed by atoms with Crippen molar-refractivity contribution < 1.29 is 13.9 Å². The summed E-state index contributed by atoms with van der Waals surface area (Å²) in [5.41, 5.74) is 0.0479. The van der Waals surface area contributed by atoms with E-state index >= 15 is 0 Å². The van der Waals surface area contributed by atoms with E-state index in [-0.39, 0.29) is 18.0 Å². The van der Waals surface area contributed by atoms with E-state index in [1.165, 1.54) is 6.07 Å². The Morgan fingerprint density at radius 3 is 2.67 bits per heavy atom. The van der Waals surface area contributed by atoms with Crippen molar-refractivity contribution in [2.75, 3.05) is 19.6 Å². The first-order chi connectivity index (χ1) is 11.1. The Hall–Kier alpha value is -0.850. The molecule has 1 aromatic rings. The molecule has 1 saturated heterocycles. The average molecular weight is 422 g/mol. The van der Waals surface area contributed by atoms with E-state index in [0.717, 1.165) is 0 Å². The number of amides is 1. The number of piperazine rings is 1. The van der Waals surface area contributed by atoms with Crippen molar-refractivity contribution in [2.45, 2.75) is 45.9 Å². The minimum Gasteiger partial charge on any atom is -0.444 e. The fraction of sp³-hybridized carbons (Fsp3) is 0.588. The summed E-state index contributed by atoms with van der Waals surface area (Å²) in [6, 6.07) is 3.03. The molecule has 1 amide bonds. The van der Waals surface area contributed by atoms with E-state index in [2.05, 4.69) is 20.8 Å². The van der Waals surface area contributed by atoms with Crippen LogP contribution in [0.3, 0.4) is 0 Å². The summed E-state index contributed by atoms with van der Waals surface area (Å²) in [5.74, 6) is -0.284. The molecule has 2 rings (SSSR count). The van der Waals surface area contributed by atoms with Crippen LogP contribution in [0.1, 0.15) is 33.3 Å². The lowest BCUT2D eigenvalue weighted by Crippen LogP contribution is -2.54. The van der Waals surface area contributed by atoms with Crippen LogP contribution in [0.4, 0.5) is 9.18 Å². The lowest BCUT2D eigenvalue weighted by molar-refractivity contribution is 0.000441. The van der Waals surface area contributed by atoms with E-state index in [1.54, 1.807) is 11.0 Å². The van der Waals surface area contributed by atoms with Gasteiger partial charge in [-0.05, 0) is 55.8 Å². The monoisotopic (exact) mass is 420 g/mol. The summed E-state index contributed by atoms with van der Waals surface area (Å²) in [6.07, 6.45) is -0.299. The number of hydrogen-bond acceptors (Lipinski definition) is 3. The van der Waals surface area contributed by atoms with Crippen LogP contribution in [-0.4, -0.2) is 47.2 Å². The van der Waals surface area contributed by atoms with Crippen molar-refractivity contribution in [2.24, 2.45) is 0 Å². The molecule has 1 heterocycles. The minimum atomic E-state index is -0.509. The first kappa shape index (κ1) is 19.5. The SMILES string of the molecule is CC1CN(Cc2cc(Cl)c(Br)cc2F)CCN1C(=O)OC(C)(C)C. The highest BCUT2D eigenvalue weighted by atomic mass is 79.9. The van der Waals surface area contributed by atoms with Crippen LogP contribution in [-0.2, 0) is 11.3 Å². The summed E-state index contributed by atoms with van der Waals surface area (Å²) in [4.78, 5) is 16.1. The number of ether oxygens (including phenoxy) is 1. The second-order valence-electron chi connectivity index (χ2n) is 7.12. The van der Waals surface area contributed by atoms with Gasteiger partial charge in [0.05, 0.1) is 5.02 Å². The number of carbonyl (C=O) groups excluding carboxylic acids is 1. The molecule has 1 atom stereocenters. The molecule has 1 fully saturated rings. The fourth-order valence-electron chi connectivity index (χ4n) is 2.69. The van der Waals surface area contributed by atoms with Gasteiger partial charge in [0.15, 0.2) is 0 Å². The molecule has 0 aromatic heterocycles. The quantitative estimate of drug-likeness (QED) is 0.650. The van der Waals surface area contributed by atoms with Gasteiger partial charge in [0.25, 0.3) is 0 Å². The van der Waals surface area contributed by atoms with Gasteiger partial charge < -0.3 is 9.64 Å². The van der Waals surface area contributed by atoms with E-state index in [1.807, 2.05) is 27.7 Å². The van der Waals surface area contributed by atoms with E-state index in [4.69, 9.17) is 16.3 Å². The number of rotatable bonds is 2. The molecule has 24 heavy (non-hydrogen) atoms. The minimum absolute atomic E-state index is 0.00239. The topological polar surface area (TPSA) is 32.8 Å². The predicted molar refractivity (Wildman–Crippen MR) is 96.8 cm³/mol. The van der Waals surface area contributed by atoms with Gasteiger partial charge in [-0.25, -0.2) is 9.18 Å². The maximum absolute atomic E-state index is 14.1. The lowest BCUT2D eigenvalue weighted by Gasteiger charge is -2.40. The third-order valence-corrected chi connectivity index (χ3v) is 5.02. The van der Waals surface area contributed by atoms with Gasteiger partial charge in [-0.3, -0.25) is 4.90 Å². The van der Waals surface area contributed by atoms with Crippen molar-refractivity contribution in [3.05, 3.63) is 33.0 Å². The molecular weight excluding hydrogens is 399 g/mol. The molecule has 0 saturated carbocycles. The highest BCUT2D eigenvalue weighted by molar-refractivity contribution is 9.10. The van der Waals surface area contributed by atoms with Crippen LogP contribution in [0.5, 0.6) is 0 Å². The van der Waals surface area contributed by atoms with Gasteiger partial charge in [0.2, 0.25) is 0 Å². The van der Waals surface area contributed by atoms with Crippen LogP contribution in [0.15, 0.2) is 16.6 Å². The predicted octanol–water partition coefficient (Wildman–Crippen LogP) is 4.68. The first-order valence-corrected chi connectivity index (χ1v) is 9.09. The molecule has 0 aliphatic carbocycles. The number of carbonyl (C=O) groups is 1. The van der Waals surface area contributed by atoms with Gasteiger partial charge in [-0.15, -0.1) is 0 Å². The maximum Gasteiger partial charge on any atom is 0.410 e. The number of hydrogen-bond donors (Lipinski definition) is 0. The Labute approximate surface area is 156 Å². The van der Waals surface area contributed by atoms with Crippen LogP contribution in [0, 0.1) is 5.82 Å². The average Bonchev–Trinajstić information content (AvgIpc) is 2.42. The Bertz CT molecular complexity index is 621. The van der Waals surface area contributed by atoms with Crippen molar-refractivity contribution >= 4 is 33.6 Å². The molecule has 7 heteroatoms. The molecule has 0 spiro atoms. The number of nitrogens with zero attached hydrogens (tertiary/aromatic N) is 2. The van der Waals surface area contributed by atoms with Crippen molar-refractivity contribution in [1.29, 1.82) is 0 Å². The van der Waals surface area contributed by atoms with Gasteiger partial charge in [-0.2, -0.15) is 0 Å². The summed E-state index contributed by atoms with van der Waals surface area (Å²) in [6.45, 7) is 9.88. The zero-order valence-electron chi connectivity index (χ0n) is 14.4. The second-order valence-corrected chi connectivity index (χ2v) is 8.38. The number of halogens is 3. The largest absolute Gasteiger partial charge is 0.444 e. The van der Waals surface area contributed by atoms with Gasteiger partial charge in [0.1, 0.15) is 11.4 Å². The van der Waals surface area contributed by atoms with E-state index < -0.39 is 5.60 Å². The van der Waals surface area contributed by atoms with Crippen molar-refractivity contribution in [1.82, 2.24) is 9.80 Å². The van der Waals surface area contributed by atoms with Gasteiger partial charge >= 0.3 is 6.09 Å². The molecule has 4 nitrogen and oxygen atoms in total. The molecule has 1 unspecified atom stereocenters. The highest BCUT2D eigenvalue weighted by Crippen LogP contribution is 2.27. The van der Waals surface area contributed by atoms with Gasteiger partial charge in [0, 0.05) is 42.3 Å². The van der Waals surface area contributed by atoms with Crippen LogP contribution in [0.2, 0.25) is 5.02 Å². The molecule has 1 aliphatic rings. The molecule has 1 aliphatic heterocycles. The fourth-order valence-corrected chi connectivity index (χ4v) is 3.20. The normalized spacial score (nSPS) is 19.5.